The van der Waals surface area contributed by atoms with E-state index < -0.39 is 9.76 Å². The van der Waals surface area contributed by atoms with Crippen LogP contribution in [0.5, 0.6) is 0 Å². The Morgan fingerprint density at radius 3 is 2.29 bits per heavy atom. The molecule has 0 saturated carbocycles. The summed E-state index contributed by atoms with van der Waals surface area (Å²) in [6, 6.07) is 6.64. The van der Waals surface area contributed by atoms with Gasteiger partial charge in [0.1, 0.15) is 5.82 Å². The van der Waals surface area contributed by atoms with Crippen LogP contribution in [0.1, 0.15) is 26.7 Å². The Bertz CT molecular complexity index is 256. The monoisotopic (exact) mass is 212 g/mol. The summed E-state index contributed by atoms with van der Waals surface area (Å²) < 4.78 is 18.4. The Morgan fingerprint density at radius 2 is 1.79 bits per heavy atom. The first-order chi connectivity index (χ1) is 6.76. The SMILES string of the molecule is CCC(CC)O[SiH2]c1ccc(F)cc1. The highest BCUT2D eigenvalue weighted by atomic mass is 28.2. The molecule has 0 spiro atoms. The molecule has 1 aromatic carbocycles. The second-order valence-electron chi connectivity index (χ2n) is 3.38. The minimum Gasteiger partial charge on any atom is -0.416 e. The Morgan fingerprint density at radius 1 is 1.21 bits per heavy atom. The smallest absolute Gasteiger partial charge is 0.192 e. The summed E-state index contributed by atoms with van der Waals surface area (Å²) in [6.45, 7) is 4.26. The summed E-state index contributed by atoms with van der Waals surface area (Å²) in [6.07, 6.45) is 2.50. The second-order valence-corrected chi connectivity index (χ2v) is 4.81. The van der Waals surface area contributed by atoms with E-state index in [1.54, 1.807) is 0 Å². The molecule has 0 amide bonds. The molecule has 1 nitrogen and oxygen atoms in total. The van der Waals surface area contributed by atoms with Crippen LogP contribution in [0.2, 0.25) is 0 Å². The highest BCUT2D eigenvalue weighted by molar-refractivity contribution is 6.46. The van der Waals surface area contributed by atoms with Crippen molar-refractivity contribution in [2.45, 2.75) is 32.8 Å². The standard InChI is InChI=1S/C11H17FOSi/c1-3-10(4-2)13-14-11-7-5-9(12)6-8-11/h5-8,10H,3-4,14H2,1-2H3. The van der Waals surface area contributed by atoms with E-state index in [1.807, 2.05) is 12.1 Å². The molecule has 0 heterocycles. The Hall–Kier alpha value is -0.673. The van der Waals surface area contributed by atoms with E-state index in [4.69, 9.17) is 4.43 Å². The van der Waals surface area contributed by atoms with Crippen molar-refractivity contribution in [1.29, 1.82) is 0 Å². The summed E-state index contributed by atoms with van der Waals surface area (Å²) in [5.74, 6) is -0.176. The molecular weight excluding hydrogens is 195 g/mol. The van der Waals surface area contributed by atoms with Crippen LogP contribution in [0.25, 0.3) is 0 Å². The zero-order valence-corrected chi connectivity index (χ0v) is 10.2. The number of halogens is 1. The van der Waals surface area contributed by atoms with Gasteiger partial charge in [0.15, 0.2) is 9.76 Å². The van der Waals surface area contributed by atoms with Crippen LogP contribution in [0.15, 0.2) is 24.3 Å². The third kappa shape index (κ3) is 3.60. The number of hydrogen-bond donors (Lipinski definition) is 0. The van der Waals surface area contributed by atoms with E-state index in [0.717, 1.165) is 12.8 Å². The first-order valence-corrected chi connectivity index (χ1v) is 6.40. The number of hydrogen-bond acceptors (Lipinski definition) is 1. The molecule has 0 saturated heterocycles. The zero-order valence-electron chi connectivity index (χ0n) is 8.79. The molecule has 0 atom stereocenters. The van der Waals surface area contributed by atoms with Crippen LogP contribution >= 0.6 is 0 Å². The van der Waals surface area contributed by atoms with Crippen molar-refractivity contribution in [3.63, 3.8) is 0 Å². The maximum absolute atomic E-state index is 12.6. The fraction of sp³-hybridized carbons (Fsp3) is 0.455. The third-order valence-electron chi connectivity index (χ3n) is 2.31. The topological polar surface area (TPSA) is 9.23 Å². The van der Waals surface area contributed by atoms with Gasteiger partial charge in [0, 0.05) is 6.10 Å². The number of rotatable bonds is 5. The summed E-state index contributed by atoms with van der Waals surface area (Å²) >= 11 is 0. The molecular formula is C11H17FOSi. The molecule has 0 N–H and O–H groups in total. The third-order valence-corrected chi connectivity index (χ3v) is 3.75. The van der Waals surface area contributed by atoms with Gasteiger partial charge in [-0.25, -0.2) is 4.39 Å². The van der Waals surface area contributed by atoms with Gasteiger partial charge in [0.2, 0.25) is 0 Å². The van der Waals surface area contributed by atoms with Gasteiger partial charge >= 0.3 is 0 Å². The van der Waals surface area contributed by atoms with E-state index in [-0.39, 0.29) is 5.82 Å². The maximum atomic E-state index is 12.6. The predicted molar refractivity (Wildman–Crippen MR) is 60.0 cm³/mol. The van der Waals surface area contributed by atoms with Crippen LogP contribution < -0.4 is 5.19 Å². The predicted octanol–water partition coefficient (Wildman–Crippen LogP) is 1.74. The van der Waals surface area contributed by atoms with E-state index in [0.29, 0.717) is 6.10 Å². The van der Waals surface area contributed by atoms with Crippen molar-refractivity contribution in [2.75, 3.05) is 0 Å². The summed E-state index contributed by atoms with van der Waals surface area (Å²) in [7, 11) is -0.663. The number of benzene rings is 1. The van der Waals surface area contributed by atoms with E-state index in [9.17, 15) is 4.39 Å². The van der Waals surface area contributed by atoms with Crippen molar-refractivity contribution in [2.24, 2.45) is 0 Å². The molecule has 14 heavy (non-hydrogen) atoms. The molecule has 0 aliphatic heterocycles. The zero-order chi connectivity index (χ0) is 10.4. The van der Waals surface area contributed by atoms with Crippen LogP contribution in [0.3, 0.4) is 0 Å². The fourth-order valence-electron chi connectivity index (χ4n) is 1.32. The lowest BCUT2D eigenvalue weighted by molar-refractivity contribution is 0.206. The maximum Gasteiger partial charge on any atom is 0.192 e. The molecule has 1 aromatic rings. The van der Waals surface area contributed by atoms with Gasteiger partial charge in [-0.3, -0.25) is 0 Å². The first kappa shape index (κ1) is 11.4. The van der Waals surface area contributed by atoms with Gasteiger partial charge in [-0.2, -0.15) is 0 Å². The van der Waals surface area contributed by atoms with Crippen molar-refractivity contribution in [1.82, 2.24) is 0 Å². The van der Waals surface area contributed by atoms with Gasteiger partial charge < -0.3 is 4.43 Å². The highest BCUT2D eigenvalue weighted by Crippen LogP contribution is 2.01. The molecule has 0 aliphatic carbocycles. The molecule has 0 aromatic heterocycles. The van der Waals surface area contributed by atoms with Crippen molar-refractivity contribution in [3.8, 4) is 0 Å². The van der Waals surface area contributed by atoms with Gasteiger partial charge in [-0.1, -0.05) is 26.0 Å². The minimum atomic E-state index is -0.663. The van der Waals surface area contributed by atoms with Crippen LogP contribution in [-0.4, -0.2) is 15.9 Å². The quantitative estimate of drug-likeness (QED) is 0.676. The molecule has 0 radical (unpaired) electrons. The molecule has 0 unspecified atom stereocenters. The lowest BCUT2D eigenvalue weighted by Gasteiger charge is -2.13. The van der Waals surface area contributed by atoms with Crippen LogP contribution in [-0.2, 0) is 4.43 Å². The van der Waals surface area contributed by atoms with Gasteiger partial charge in [-0.05, 0) is 30.2 Å². The Labute approximate surface area is 87.2 Å². The lowest BCUT2D eigenvalue weighted by Crippen LogP contribution is -2.23. The summed E-state index contributed by atoms with van der Waals surface area (Å²) in [5, 5.41) is 1.17. The molecule has 0 aliphatic rings. The molecule has 1 rings (SSSR count). The van der Waals surface area contributed by atoms with Crippen LogP contribution in [0.4, 0.5) is 4.39 Å². The fourth-order valence-corrected chi connectivity index (χ4v) is 2.65. The average molecular weight is 212 g/mol. The van der Waals surface area contributed by atoms with Gasteiger partial charge in [0.05, 0.1) is 0 Å². The van der Waals surface area contributed by atoms with E-state index in [1.165, 1.54) is 17.3 Å². The highest BCUT2D eigenvalue weighted by Gasteiger charge is 2.03. The summed E-state index contributed by atoms with van der Waals surface area (Å²) in [4.78, 5) is 0. The van der Waals surface area contributed by atoms with Crippen LogP contribution in [0, 0.1) is 5.82 Å². The Balaban J connectivity index is 2.41. The summed E-state index contributed by atoms with van der Waals surface area (Å²) in [5.41, 5.74) is 0. The average Bonchev–Trinajstić information content (AvgIpc) is 2.22. The van der Waals surface area contributed by atoms with E-state index in [2.05, 4.69) is 13.8 Å². The molecule has 0 fully saturated rings. The normalized spacial score (nSPS) is 11.7. The molecule has 78 valence electrons. The second kappa shape index (κ2) is 5.93. The largest absolute Gasteiger partial charge is 0.416 e. The molecule has 0 bridgehead atoms. The van der Waals surface area contributed by atoms with Gasteiger partial charge in [-0.15, -0.1) is 0 Å². The van der Waals surface area contributed by atoms with E-state index >= 15 is 0 Å². The first-order valence-electron chi connectivity index (χ1n) is 5.12. The van der Waals surface area contributed by atoms with Gasteiger partial charge in [0.25, 0.3) is 0 Å². The molecule has 3 heteroatoms. The van der Waals surface area contributed by atoms with Crippen molar-refractivity contribution < 1.29 is 8.82 Å². The van der Waals surface area contributed by atoms with Crippen molar-refractivity contribution in [3.05, 3.63) is 30.1 Å². The minimum absolute atomic E-state index is 0.176. The lowest BCUT2D eigenvalue weighted by atomic mass is 10.2. The Kier molecular flexibility index (Phi) is 4.83. The van der Waals surface area contributed by atoms with Crippen molar-refractivity contribution >= 4 is 14.9 Å².